The minimum atomic E-state index is -3.38. The van der Waals surface area contributed by atoms with E-state index in [1.54, 1.807) is 18.3 Å². The molecule has 6 nitrogen and oxygen atoms in total. The first-order chi connectivity index (χ1) is 9.52. The summed E-state index contributed by atoms with van der Waals surface area (Å²) in [6.45, 7) is 1.22. The van der Waals surface area contributed by atoms with E-state index in [1.165, 1.54) is 6.92 Å². The first kappa shape index (κ1) is 14.4. The molecular weight excluding hydrogens is 278 g/mol. The largest absolute Gasteiger partial charge is 0.323 e. The van der Waals surface area contributed by atoms with Crippen molar-refractivity contribution in [3.63, 3.8) is 0 Å². The molecule has 0 saturated carbocycles. The third kappa shape index (κ3) is 3.52. The highest BCUT2D eigenvalue weighted by molar-refractivity contribution is 7.89. The summed E-state index contributed by atoms with van der Waals surface area (Å²) in [4.78, 5) is 16.0. The summed E-state index contributed by atoms with van der Waals surface area (Å²) in [6, 6.07) is 9.11. The molecule has 2 N–H and O–H groups in total. The molecule has 1 amide bonds. The Kier molecular flexibility index (Phi) is 4.31. The molecule has 0 unspecified atom stereocenters. The summed E-state index contributed by atoms with van der Waals surface area (Å²) in [6.07, 6.45) is 1.64. The van der Waals surface area contributed by atoms with Crippen LogP contribution in [0.3, 0.4) is 0 Å². The second-order valence-corrected chi connectivity index (χ2v) is 6.25. The number of para-hydroxylation sites is 1. The first-order valence-corrected chi connectivity index (χ1v) is 7.78. The van der Waals surface area contributed by atoms with Crippen molar-refractivity contribution < 1.29 is 13.2 Å². The van der Waals surface area contributed by atoms with Crippen LogP contribution in [0, 0.1) is 0 Å². The third-order valence-corrected chi connectivity index (χ3v) is 4.08. The zero-order chi connectivity index (χ0) is 14.6. The molecule has 7 heteroatoms. The summed E-state index contributed by atoms with van der Waals surface area (Å²) < 4.78 is 24.7. The maximum Gasteiger partial charge on any atom is 0.239 e. The lowest BCUT2D eigenvalue weighted by atomic mass is 10.2. The van der Waals surface area contributed by atoms with Crippen LogP contribution in [-0.4, -0.2) is 31.6 Å². The number of benzene rings is 1. The molecule has 0 bridgehead atoms. The quantitative estimate of drug-likeness (QED) is 0.864. The predicted molar refractivity (Wildman–Crippen MR) is 77.8 cm³/mol. The van der Waals surface area contributed by atoms with Crippen LogP contribution in [0.25, 0.3) is 10.9 Å². The number of amides is 1. The van der Waals surface area contributed by atoms with E-state index >= 15 is 0 Å². The molecule has 0 aliphatic carbocycles. The topological polar surface area (TPSA) is 88.2 Å². The van der Waals surface area contributed by atoms with Crippen molar-refractivity contribution in [1.29, 1.82) is 0 Å². The van der Waals surface area contributed by atoms with Gasteiger partial charge >= 0.3 is 0 Å². The Morgan fingerprint density at radius 3 is 2.75 bits per heavy atom. The number of aromatic nitrogens is 1. The van der Waals surface area contributed by atoms with E-state index in [1.807, 2.05) is 18.2 Å². The van der Waals surface area contributed by atoms with Gasteiger partial charge in [0, 0.05) is 11.6 Å². The number of hydrogen-bond acceptors (Lipinski definition) is 4. The van der Waals surface area contributed by atoms with Gasteiger partial charge in [-0.15, -0.1) is 0 Å². The van der Waals surface area contributed by atoms with Gasteiger partial charge in [-0.3, -0.25) is 9.78 Å². The van der Waals surface area contributed by atoms with E-state index in [4.69, 9.17) is 0 Å². The molecule has 1 aromatic heterocycles. The number of carbonyl (C=O) groups excluding carboxylic acids is 1. The van der Waals surface area contributed by atoms with Crippen LogP contribution in [0.1, 0.15) is 6.92 Å². The van der Waals surface area contributed by atoms with Gasteiger partial charge in [-0.25, -0.2) is 13.1 Å². The van der Waals surface area contributed by atoms with Gasteiger partial charge in [-0.1, -0.05) is 18.2 Å². The Morgan fingerprint density at radius 2 is 2.00 bits per heavy atom. The highest BCUT2D eigenvalue weighted by Gasteiger charge is 2.11. The molecule has 1 heterocycles. The number of nitrogens with zero attached hydrogens (tertiary/aromatic N) is 1. The fraction of sp³-hybridized carbons (Fsp3) is 0.231. The van der Waals surface area contributed by atoms with Crippen LogP contribution in [-0.2, 0) is 14.8 Å². The summed E-state index contributed by atoms with van der Waals surface area (Å²) in [7, 11) is -3.38. The molecule has 0 aliphatic heterocycles. The number of carbonyl (C=O) groups is 1. The van der Waals surface area contributed by atoms with Gasteiger partial charge in [0.05, 0.1) is 23.5 Å². The summed E-state index contributed by atoms with van der Waals surface area (Å²) in [5.74, 6) is -0.490. The summed E-state index contributed by atoms with van der Waals surface area (Å²) in [5.41, 5.74) is 1.23. The average Bonchev–Trinajstić information content (AvgIpc) is 2.46. The number of hydrogen-bond donors (Lipinski definition) is 2. The Bertz CT molecular complexity index is 723. The number of fused-ring (bicyclic) bond motifs is 1. The van der Waals surface area contributed by atoms with Crippen LogP contribution in [0.15, 0.2) is 36.5 Å². The van der Waals surface area contributed by atoms with Crippen molar-refractivity contribution in [2.45, 2.75) is 6.92 Å². The lowest BCUT2D eigenvalue weighted by Crippen LogP contribution is -2.33. The van der Waals surface area contributed by atoms with Crippen molar-refractivity contribution in [2.24, 2.45) is 0 Å². The van der Waals surface area contributed by atoms with Gasteiger partial charge in [-0.05, 0) is 19.1 Å². The fourth-order valence-corrected chi connectivity index (χ4v) is 2.23. The molecule has 0 saturated heterocycles. The van der Waals surface area contributed by atoms with Gasteiger partial charge in [0.2, 0.25) is 15.9 Å². The number of pyridine rings is 1. The van der Waals surface area contributed by atoms with E-state index in [-0.39, 0.29) is 12.3 Å². The Morgan fingerprint density at radius 1 is 1.25 bits per heavy atom. The molecular formula is C13H15N3O3S. The highest BCUT2D eigenvalue weighted by Crippen LogP contribution is 2.20. The number of sulfonamides is 1. The van der Waals surface area contributed by atoms with Crippen molar-refractivity contribution in [3.8, 4) is 0 Å². The van der Waals surface area contributed by atoms with Crippen molar-refractivity contribution in [1.82, 2.24) is 9.71 Å². The maximum absolute atomic E-state index is 11.8. The van der Waals surface area contributed by atoms with Crippen LogP contribution in [0.4, 0.5) is 5.69 Å². The molecule has 2 rings (SSSR count). The predicted octanol–water partition coefficient (Wildman–Crippen LogP) is 1.11. The summed E-state index contributed by atoms with van der Waals surface area (Å²) in [5, 5.41) is 3.56. The number of anilines is 1. The smallest absolute Gasteiger partial charge is 0.239 e. The molecule has 2 aromatic rings. The molecule has 1 aromatic carbocycles. The number of nitrogens with one attached hydrogen (secondary N) is 2. The van der Waals surface area contributed by atoms with E-state index in [2.05, 4.69) is 15.0 Å². The number of rotatable bonds is 5. The molecule has 0 spiro atoms. The standard InChI is InChI=1S/C13H15N3O3S/c1-2-20(18,19)15-9-12(17)16-11-7-3-5-10-6-4-8-14-13(10)11/h3-8,15H,2,9H2,1H3,(H,16,17). The minimum Gasteiger partial charge on any atom is -0.323 e. The average molecular weight is 293 g/mol. The van der Waals surface area contributed by atoms with Gasteiger partial charge in [0.1, 0.15) is 0 Å². The Hall–Kier alpha value is -1.99. The minimum absolute atomic E-state index is 0.0594. The van der Waals surface area contributed by atoms with E-state index in [9.17, 15) is 13.2 Å². The van der Waals surface area contributed by atoms with Crippen LogP contribution in [0.5, 0.6) is 0 Å². The van der Waals surface area contributed by atoms with E-state index in [0.717, 1.165) is 5.39 Å². The normalized spacial score (nSPS) is 11.4. The molecule has 106 valence electrons. The molecule has 0 fully saturated rings. The lowest BCUT2D eigenvalue weighted by molar-refractivity contribution is -0.115. The van der Waals surface area contributed by atoms with Crippen LogP contribution in [0.2, 0.25) is 0 Å². The van der Waals surface area contributed by atoms with E-state index in [0.29, 0.717) is 11.2 Å². The zero-order valence-corrected chi connectivity index (χ0v) is 11.8. The van der Waals surface area contributed by atoms with Crippen LogP contribution < -0.4 is 10.0 Å². The zero-order valence-electron chi connectivity index (χ0n) is 11.0. The van der Waals surface area contributed by atoms with Crippen molar-refractivity contribution in [3.05, 3.63) is 36.5 Å². The van der Waals surface area contributed by atoms with Gasteiger partial charge in [0.15, 0.2) is 0 Å². The van der Waals surface area contributed by atoms with E-state index < -0.39 is 15.9 Å². The van der Waals surface area contributed by atoms with Crippen molar-refractivity contribution >= 4 is 32.5 Å². The monoisotopic (exact) mass is 293 g/mol. The van der Waals surface area contributed by atoms with Crippen molar-refractivity contribution in [2.75, 3.05) is 17.6 Å². The van der Waals surface area contributed by atoms with Crippen LogP contribution >= 0.6 is 0 Å². The van der Waals surface area contributed by atoms with Gasteiger partial charge in [-0.2, -0.15) is 0 Å². The fourth-order valence-electron chi connectivity index (χ4n) is 1.68. The first-order valence-electron chi connectivity index (χ1n) is 6.13. The second kappa shape index (κ2) is 5.98. The maximum atomic E-state index is 11.8. The van der Waals surface area contributed by atoms with Gasteiger partial charge in [0.25, 0.3) is 0 Å². The second-order valence-electron chi connectivity index (χ2n) is 4.15. The lowest BCUT2D eigenvalue weighted by Gasteiger charge is -2.08. The Balaban J connectivity index is 2.11. The third-order valence-electron chi connectivity index (χ3n) is 2.74. The summed E-state index contributed by atoms with van der Waals surface area (Å²) >= 11 is 0. The molecule has 0 aliphatic rings. The SMILES string of the molecule is CCS(=O)(=O)NCC(=O)Nc1cccc2cccnc12. The molecule has 0 atom stereocenters. The Labute approximate surface area is 117 Å². The van der Waals surface area contributed by atoms with Gasteiger partial charge < -0.3 is 5.32 Å². The molecule has 20 heavy (non-hydrogen) atoms. The molecule has 0 radical (unpaired) electrons. The highest BCUT2D eigenvalue weighted by atomic mass is 32.2.